The van der Waals surface area contributed by atoms with Gasteiger partial charge >= 0.3 is 5.97 Å². The highest BCUT2D eigenvalue weighted by molar-refractivity contribution is 6.31. The molecule has 24 heavy (non-hydrogen) atoms. The third kappa shape index (κ3) is 3.51. The lowest BCUT2D eigenvalue weighted by Crippen LogP contribution is -2.36. The lowest BCUT2D eigenvalue weighted by atomic mass is 10.0. The first-order valence-electron chi connectivity index (χ1n) is 8.11. The summed E-state index contributed by atoms with van der Waals surface area (Å²) in [5, 5.41) is 10.3. The number of benzene rings is 1. The number of nitrogens with zero attached hydrogens (tertiary/aromatic N) is 2. The van der Waals surface area contributed by atoms with Gasteiger partial charge < -0.3 is 10.0 Å². The largest absolute Gasteiger partial charge is 0.480 e. The number of rotatable bonds is 6. The Morgan fingerprint density at radius 2 is 2.08 bits per heavy atom. The molecule has 5 nitrogen and oxygen atoms in total. The fourth-order valence-electron chi connectivity index (χ4n) is 2.84. The molecule has 1 aromatic carbocycles. The number of pyridine rings is 1. The zero-order valence-corrected chi connectivity index (χ0v) is 14.2. The molecule has 0 bridgehead atoms. The highest BCUT2D eigenvalue weighted by atomic mass is 35.5. The zero-order valence-electron chi connectivity index (χ0n) is 13.5. The van der Waals surface area contributed by atoms with E-state index in [1.165, 1.54) is 4.90 Å². The number of carbonyl (C=O) groups excluding carboxylic acids is 1. The van der Waals surface area contributed by atoms with E-state index >= 15 is 0 Å². The summed E-state index contributed by atoms with van der Waals surface area (Å²) in [4.78, 5) is 30.1. The number of amides is 1. The van der Waals surface area contributed by atoms with Crippen LogP contribution in [0.15, 0.2) is 24.3 Å². The molecule has 2 aromatic rings. The molecular weight excluding hydrogens is 328 g/mol. The van der Waals surface area contributed by atoms with E-state index in [0.717, 1.165) is 24.1 Å². The zero-order chi connectivity index (χ0) is 17.3. The normalized spacial score (nSPS) is 13.9. The van der Waals surface area contributed by atoms with Crippen LogP contribution in [0, 0.1) is 0 Å². The minimum absolute atomic E-state index is 0.282. The Morgan fingerprint density at radius 1 is 1.33 bits per heavy atom. The number of carboxylic acids is 1. The van der Waals surface area contributed by atoms with Gasteiger partial charge in [-0.1, -0.05) is 18.5 Å². The summed E-state index contributed by atoms with van der Waals surface area (Å²) >= 11 is 6.09. The summed E-state index contributed by atoms with van der Waals surface area (Å²) in [7, 11) is 0. The molecule has 0 aliphatic heterocycles. The molecule has 3 rings (SSSR count). The predicted molar refractivity (Wildman–Crippen MR) is 92.6 cm³/mol. The van der Waals surface area contributed by atoms with Gasteiger partial charge in [0.25, 0.3) is 5.91 Å². The molecule has 1 saturated carbocycles. The maximum atomic E-state index is 13.0. The maximum Gasteiger partial charge on any atom is 0.323 e. The average molecular weight is 347 g/mol. The molecule has 1 N–H and O–H groups in total. The third-order valence-corrected chi connectivity index (χ3v) is 4.36. The number of aromatic nitrogens is 1. The van der Waals surface area contributed by atoms with Crippen LogP contribution in [0.4, 0.5) is 0 Å². The van der Waals surface area contributed by atoms with Gasteiger partial charge in [0.15, 0.2) is 0 Å². The summed E-state index contributed by atoms with van der Waals surface area (Å²) in [6, 6.07) is 7.09. The van der Waals surface area contributed by atoms with Crippen molar-refractivity contribution in [1.82, 2.24) is 9.88 Å². The SMILES string of the molecule is CCCN(CC(=O)O)C(=O)c1cc(C2CC2)nc2ccc(Cl)cc12. The van der Waals surface area contributed by atoms with Gasteiger partial charge in [-0.05, 0) is 43.5 Å². The standard InChI is InChI=1S/C18H19ClN2O3/c1-2-7-21(10-17(22)23)18(24)14-9-16(11-3-4-11)20-15-6-5-12(19)8-13(14)15/h5-6,8-9,11H,2-4,7,10H2,1H3,(H,22,23). The summed E-state index contributed by atoms with van der Waals surface area (Å²) in [6.45, 7) is 2.00. The molecule has 0 atom stereocenters. The van der Waals surface area contributed by atoms with Crippen molar-refractivity contribution in [3.63, 3.8) is 0 Å². The number of fused-ring (bicyclic) bond motifs is 1. The van der Waals surface area contributed by atoms with E-state index in [2.05, 4.69) is 4.98 Å². The Balaban J connectivity index is 2.09. The van der Waals surface area contributed by atoms with Crippen LogP contribution in [0.5, 0.6) is 0 Å². The van der Waals surface area contributed by atoms with Gasteiger partial charge in [0, 0.05) is 28.6 Å². The summed E-state index contributed by atoms with van der Waals surface area (Å²) in [5.41, 5.74) is 2.11. The molecule has 0 radical (unpaired) electrons. The van der Waals surface area contributed by atoms with E-state index in [1.807, 2.05) is 19.1 Å². The quantitative estimate of drug-likeness (QED) is 0.865. The van der Waals surface area contributed by atoms with Crippen molar-refractivity contribution in [2.75, 3.05) is 13.1 Å². The molecule has 1 amide bonds. The first-order chi connectivity index (χ1) is 11.5. The van der Waals surface area contributed by atoms with E-state index in [4.69, 9.17) is 16.7 Å². The van der Waals surface area contributed by atoms with E-state index in [1.54, 1.807) is 12.1 Å². The monoisotopic (exact) mass is 346 g/mol. The minimum Gasteiger partial charge on any atom is -0.480 e. The van der Waals surface area contributed by atoms with Crippen LogP contribution in [-0.4, -0.2) is 40.0 Å². The van der Waals surface area contributed by atoms with Gasteiger partial charge in [-0.3, -0.25) is 14.6 Å². The van der Waals surface area contributed by atoms with Crippen molar-refractivity contribution < 1.29 is 14.7 Å². The summed E-state index contributed by atoms with van der Waals surface area (Å²) in [5.74, 6) is -0.901. The van der Waals surface area contributed by atoms with E-state index in [9.17, 15) is 9.59 Å². The average Bonchev–Trinajstić information content (AvgIpc) is 3.37. The molecule has 1 aliphatic carbocycles. The van der Waals surface area contributed by atoms with Gasteiger partial charge in [-0.15, -0.1) is 0 Å². The number of aliphatic carboxylic acids is 1. The number of carbonyl (C=O) groups is 2. The second kappa shape index (κ2) is 6.77. The molecular formula is C18H19ClN2O3. The lowest BCUT2D eigenvalue weighted by Gasteiger charge is -2.21. The number of hydrogen-bond acceptors (Lipinski definition) is 3. The molecule has 1 aliphatic rings. The number of hydrogen-bond donors (Lipinski definition) is 1. The van der Waals surface area contributed by atoms with E-state index in [-0.39, 0.29) is 12.5 Å². The van der Waals surface area contributed by atoms with Crippen molar-refractivity contribution in [1.29, 1.82) is 0 Å². The molecule has 6 heteroatoms. The van der Waals surface area contributed by atoms with E-state index in [0.29, 0.717) is 34.9 Å². The highest BCUT2D eigenvalue weighted by Crippen LogP contribution is 2.40. The molecule has 0 unspecified atom stereocenters. The molecule has 0 saturated heterocycles. The molecule has 126 valence electrons. The van der Waals surface area contributed by atoms with Crippen LogP contribution in [0.25, 0.3) is 10.9 Å². The molecule has 0 spiro atoms. The van der Waals surface area contributed by atoms with Gasteiger partial charge in [0.2, 0.25) is 0 Å². The number of carboxylic acid groups (broad SMARTS) is 1. The third-order valence-electron chi connectivity index (χ3n) is 4.12. The van der Waals surface area contributed by atoms with Gasteiger partial charge in [0.1, 0.15) is 6.54 Å². The first kappa shape index (κ1) is 16.7. The first-order valence-corrected chi connectivity index (χ1v) is 8.48. The molecule has 1 aromatic heterocycles. The minimum atomic E-state index is -1.02. The van der Waals surface area contributed by atoms with Crippen LogP contribution in [0.3, 0.4) is 0 Å². The van der Waals surface area contributed by atoms with Crippen molar-refractivity contribution in [3.05, 3.63) is 40.5 Å². The predicted octanol–water partition coefficient (Wildman–Crippen LogP) is 3.70. The Morgan fingerprint density at radius 3 is 2.71 bits per heavy atom. The molecule has 1 fully saturated rings. The Labute approximate surface area is 145 Å². The van der Waals surface area contributed by atoms with Crippen molar-refractivity contribution in [3.8, 4) is 0 Å². The van der Waals surface area contributed by atoms with Crippen LogP contribution in [0.2, 0.25) is 5.02 Å². The fourth-order valence-corrected chi connectivity index (χ4v) is 3.01. The summed E-state index contributed by atoms with van der Waals surface area (Å²) in [6.07, 6.45) is 2.85. The maximum absolute atomic E-state index is 13.0. The van der Waals surface area contributed by atoms with Gasteiger partial charge in [-0.2, -0.15) is 0 Å². The van der Waals surface area contributed by atoms with Crippen molar-refractivity contribution in [2.24, 2.45) is 0 Å². The highest BCUT2D eigenvalue weighted by Gasteiger charge is 2.28. The Kier molecular flexibility index (Phi) is 4.71. The van der Waals surface area contributed by atoms with Crippen molar-refractivity contribution in [2.45, 2.75) is 32.1 Å². The van der Waals surface area contributed by atoms with Crippen molar-refractivity contribution >= 4 is 34.4 Å². The summed E-state index contributed by atoms with van der Waals surface area (Å²) < 4.78 is 0. The Bertz CT molecular complexity index is 802. The fraction of sp³-hybridized carbons (Fsp3) is 0.389. The van der Waals surface area contributed by atoms with Gasteiger partial charge in [-0.25, -0.2) is 0 Å². The lowest BCUT2D eigenvalue weighted by molar-refractivity contribution is -0.137. The van der Waals surface area contributed by atoms with Crippen LogP contribution in [0.1, 0.15) is 48.2 Å². The molecule has 1 heterocycles. The smallest absolute Gasteiger partial charge is 0.323 e. The number of halogens is 1. The van der Waals surface area contributed by atoms with Crippen LogP contribution >= 0.6 is 11.6 Å². The van der Waals surface area contributed by atoms with E-state index < -0.39 is 5.97 Å². The second-order valence-electron chi connectivity index (χ2n) is 6.15. The van der Waals surface area contributed by atoms with Crippen LogP contribution < -0.4 is 0 Å². The van der Waals surface area contributed by atoms with Gasteiger partial charge in [0.05, 0.1) is 11.1 Å². The topological polar surface area (TPSA) is 70.5 Å². The second-order valence-corrected chi connectivity index (χ2v) is 6.59. The Hall–Kier alpha value is -2.14. The van der Waals surface area contributed by atoms with Crippen LogP contribution in [-0.2, 0) is 4.79 Å².